The lowest BCUT2D eigenvalue weighted by Gasteiger charge is -2.37. The largest absolute Gasteiger partial charge is 0.437 e. The van der Waals surface area contributed by atoms with Gasteiger partial charge in [-0.25, -0.2) is 8.78 Å². The third-order valence-electron chi connectivity index (χ3n) is 1.79. The molecule has 0 saturated heterocycles. The molecule has 0 aromatic carbocycles. The number of hydrogen-bond acceptors (Lipinski definition) is 1. The Morgan fingerprint density at radius 3 is 1.35 bits per heavy atom. The second kappa shape index (κ2) is 7.32. The second-order valence-electron chi connectivity index (χ2n) is 3.21. The molecule has 0 spiro atoms. The normalized spacial score (nSPS) is 16.2. The van der Waals surface area contributed by atoms with Crippen molar-refractivity contribution in [1.82, 2.24) is 0 Å². The van der Waals surface area contributed by atoms with Crippen LogP contribution in [0.15, 0.2) is 0 Å². The standard InChI is InChI=1S/C7H7F9O.C2H5F/c1-2-17-7(15,16)5(11,6(12,13)14)4(9,10)3-8;1-2-3/h2-3H2,1H3;2H2,1H3. The van der Waals surface area contributed by atoms with Crippen LogP contribution in [0, 0.1) is 0 Å². The highest BCUT2D eigenvalue weighted by Gasteiger charge is 2.84. The molecule has 0 rings (SSSR count). The maximum Gasteiger partial charge on any atom is 0.437 e. The van der Waals surface area contributed by atoms with E-state index in [1.54, 1.807) is 0 Å². The maximum atomic E-state index is 13.1. The summed E-state index contributed by atoms with van der Waals surface area (Å²) in [7, 11) is 0. The first-order valence-electron chi connectivity index (χ1n) is 5.06. The summed E-state index contributed by atoms with van der Waals surface area (Å²) in [4.78, 5) is 0. The van der Waals surface area contributed by atoms with Crippen molar-refractivity contribution in [3.05, 3.63) is 0 Å². The van der Waals surface area contributed by atoms with Crippen molar-refractivity contribution in [3.8, 4) is 0 Å². The average Bonchev–Trinajstić information content (AvgIpc) is 2.27. The van der Waals surface area contributed by atoms with Gasteiger partial charge in [0, 0.05) is 0 Å². The van der Waals surface area contributed by atoms with E-state index in [9.17, 15) is 43.9 Å². The Bertz CT molecular complexity index is 276. The van der Waals surface area contributed by atoms with E-state index in [1.165, 1.54) is 6.92 Å². The van der Waals surface area contributed by atoms with Crippen molar-refractivity contribution in [1.29, 1.82) is 0 Å². The summed E-state index contributed by atoms with van der Waals surface area (Å²) < 4.78 is 124. The lowest BCUT2D eigenvalue weighted by atomic mass is 9.96. The van der Waals surface area contributed by atoms with Crippen LogP contribution in [-0.2, 0) is 4.74 Å². The van der Waals surface area contributed by atoms with Crippen molar-refractivity contribution in [2.24, 2.45) is 0 Å². The molecular weight excluding hydrogens is 314 g/mol. The zero-order valence-corrected chi connectivity index (χ0v) is 10.3. The summed E-state index contributed by atoms with van der Waals surface area (Å²) in [5.41, 5.74) is -6.43. The number of ether oxygens (including phenoxy) is 1. The Kier molecular flexibility index (Phi) is 7.89. The number of hydrogen-bond donors (Lipinski definition) is 0. The van der Waals surface area contributed by atoms with Crippen LogP contribution in [0.1, 0.15) is 13.8 Å². The van der Waals surface area contributed by atoms with Gasteiger partial charge in [-0.15, -0.1) is 0 Å². The van der Waals surface area contributed by atoms with Crippen molar-refractivity contribution in [2.45, 2.75) is 37.7 Å². The molecule has 1 unspecified atom stereocenters. The molecule has 0 aromatic rings. The van der Waals surface area contributed by atoms with Gasteiger partial charge in [-0.2, -0.15) is 30.7 Å². The van der Waals surface area contributed by atoms with E-state index in [-0.39, 0.29) is 6.67 Å². The minimum Gasteiger partial charge on any atom is -0.318 e. The molecule has 0 radical (unpaired) electrons. The van der Waals surface area contributed by atoms with Gasteiger partial charge < -0.3 is 4.74 Å². The van der Waals surface area contributed by atoms with Crippen molar-refractivity contribution < 1.29 is 48.6 Å². The number of halogens is 10. The van der Waals surface area contributed by atoms with E-state index in [0.29, 0.717) is 0 Å². The second-order valence-corrected chi connectivity index (χ2v) is 3.21. The zero-order chi connectivity index (χ0) is 16.8. The first kappa shape index (κ1) is 21.6. The van der Waals surface area contributed by atoms with Crippen LogP contribution in [0.2, 0.25) is 0 Å². The van der Waals surface area contributed by atoms with Gasteiger partial charge in [-0.05, 0) is 13.8 Å². The van der Waals surface area contributed by atoms with E-state index in [4.69, 9.17) is 0 Å². The summed E-state index contributed by atoms with van der Waals surface area (Å²) in [6.45, 7) is -2.47. The first-order chi connectivity index (χ1) is 8.79. The molecule has 1 nitrogen and oxygen atoms in total. The fraction of sp³-hybridized carbons (Fsp3) is 1.00. The smallest absolute Gasteiger partial charge is 0.318 e. The summed E-state index contributed by atoms with van der Waals surface area (Å²) in [5.74, 6) is -5.97. The fourth-order valence-corrected chi connectivity index (χ4v) is 0.958. The van der Waals surface area contributed by atoms with Gasteiger partial charge in [0.25, 0.3) is 0 Å². The SMILES string of the molecule is CCF.CCOC(F)(F)C(F)(C(F)(F)F)C(F)(F)CF. The number of rotatable bonds is 5. The molecule has 11 heteroatoms. The van der Waals surface area contributed by atoms with Gasteiger partial charge in [0.1, 0.15) is 0 Å². The molecule has 0 aliphatic rings. The molecule has 0 saturated carbocycles. The molecule has 1 atom stereocenters. The van der Waals surface area contributed by atoms with Gasteiger partial charge in [0.05, 0.1) is 13.3 Å². The van der Waals surface area contributed by atoms with E-state index in [1.807, 2.05) is 0 Å². The fourth-order valence-electron chi connectivity index (χ4n) is 0.958. The molecule has 20 heavy (non-hydrogen) atoms. The van der Waals surface area contributed by atoms with Gasteiger partial charge in [-0.3, -0.25) is 4.39 Å². The predicted molar refractivity (Wildman–Crippen MR) is 49.0 cm³/mol. The molecule has 0 amide bonds. The van der Waals surface area contributed by atoms with Gasteiger partial charge in [-0.1, -0.05) is 0 Å². The van der Waals surface area contributed by atoms with Crippen LogP contribution in [0.3, 0.4) is 0 Å². The molecule has 0 heterocycles. The molecule has 0 aliphatic carbocycles. The highest BCUT2D eigenvalue weighted by Crippen LogP contribution is 2.54. The summed E-state index contributed by atoms with van der Waals surface area (Å²) in [6.07, 6.45) is -12.6. The predicted octanol–water partition coefficient (Wildman–Crippen LogP) is 4.47. The Balaban J connectivity index is 0. The first-order valence-corrected chi connectivity index (χ1v) is 5.06. The third-order valence-corrected chi connectivity index (χ3v) is 1.79. The minimum atomic E-state index is -6.71. The lowest BCUT2D eigenvalue weighted by molar-refractivity contribution is -0.427. The Hall–Kier alpha value is -0.740. The quantitative estimate of drug-likeness (QED) is 0.678. The number of alkyl halides is 10. The minimum absolute atomic E-state index is 0.250. The summed E-state index contributed by atoms with van der Waals surface area (Å²) in [6, 6.07) is 0. The lowest BCUT2D eigenvalue weighted by Crippen LogP contribution is -2.67. The van der Waals surface area contributed by atoms with Gasteiger partial charge in [0.2, 0.25) is 0 Å². The molecule has 0 aromatic heterocycles. The Morgan fingerprint density at radius 1 is 0.800 bits per heavy atom. The van der Waals surface area contributed by atoms with E-state index < -0.39 is 37.2 Å². The van der Waals surface area contributed by atoms with Gasteiger partial charge in [0.15, 0.2) is 6.67 Å². The Labute approximate surface area is 107 Å². The molecule has 0 aliphatic heterocycles. The van der Waals surface area contributed by atoms with Gasteiger partial charge >= 0.3 is 23.9 Å². The Morgan fingerprint density at radius 2 is 1.15 bits per heavy atom. The summed E-state index contributed by atoms with van der Waals surface area (Å²) in [5, 5.41) is 0. The topological polar surface area (TPSA) is 9.23 Å². The van der Waals surface area contributed by atoms with Crippen LogP contribution in [0.4, 0.5) is 43.9 Å². The van der Waals surface area contributed by atoms with Crippen LogP contribution < -0.4 is 0 Å². The van der Waals surface area contributed by atoms with E-state index in [0.717, 1.165) is 6.92 Å². The molecule has 0 bridgehead atoms. The molecule has 0 N–H and O–H groups in total. The van der Waals surface area contributed by atoms with Crippen LogP contribution in [0.5, 0.6) is 0 Å². The zero-order valence-electron chi connectivity index (χ0n) is 10.3. The molecule has 0 fully saturated rings. The maximum absolute atomic E-state index is 13.1. The monoisotopic (exact) mass is 326 g/mol. The van der Waals surface area contributed by atoms with Crippen LogP contribution in [0.25, 0.3) is 0 Å². The highest BCUT2D eigenvalue weighted by molar-refractivity contribution is 5.05. The van der Waals surface area contributed by atoms with E-state index in [2.05, 4.69) is 4.74 Å². The average molecular weight is 326 g/mol. The highest BCUT2D eigenvalue weighted by atomic mass is 19.4. The van der Waals surface area contributed by atoms with Crippen LogP contribution >= 0.6 is 0 Å². The third kappa shape index (κ3) is 4.13. The molecular formula is C9H12F10O. The molecule has 124 valence electrons. The van der Waals surface area contributed by atoms with Crippen LogP contribution in [-0.4, -0.2) is 43.8 Å². The van der Waals surface area contributed by atoms with Crippen molar-refractivity contribution in [2.75, 3.05) is 20.0 Å². The van der Waals surface area contributed by atoms with Crippen molar-refractivity contribution in [3.63, 3.8) is 0 Å². The van der Waals surface area contributed by atoms with Crippen molar-refractivity contribution >= 4 is 0 Å². The summed E-state index contributed by atoms with van der Waals surface area (Å²) >= 11 is 0. The van der Waals surface area contributed by atoms with E-state index >= 15 is 0 Å².